The Balaban J connectivity index is 1.42. The van der Waals surface area contributed by atoms with Gasteiger partial charge in [-0.3, -0.25) is 9.69 Å². The molecule has 35 heavy (non-hydrogen) atoms. The van der Waals surface area contributed by atoms with Crippen molar-refractivity contribution < 1.29 is 17.6 Å². The second kappa shape index (κ2) is 8.47. The SMILES string of the molecule is O=C1/C(=C/c2cn(-c3ccccc3)nc2-c2cc3ccccc3o2)SC(=S)N1C1CCS(=O)(=O)C1. The van der Waals surface area contributed by atoms with E-state index in [4.69, 9.17) is 21.7 Å². The van der Waals surface area contributed by atoms with E-state index in [9.17, 15) is 13.2 Å². The number of sulfone groups is 1. The van der Waals surface area contributed by atoms with Gasteiger partial charge in [-0.25, -0.2) is 13.1 Å². The Morgan fingerprint density at radius 3 is 2.63 bits per heavy atom. The van der Waals surface area contributed by atoms with Gasteiger partial charge in [0.15, 0.2) is 15.6 Å². The minimum atomic E-state index is -3.15. The van der Waals surface area contributed by atoms with Crippen LogP contribution in [0.15, 0.2) is 76.2 Å². The first-order chi connectivity index (χ1) is 16.9. The van der Waals surface area contributed by atoms with E-state index in [1.807, 2.05) is 66.9 Å². The maximum Gasteiger partial charge on any atom is 0.266 e. The van der Waals surface area contributed by atoms with E-state index in [1.54, 1.807) is 10.8 Å². The number of thioether (sulfide) groups is 1. The summed E-state index contributed by atoms with van der Waals surface area (Å²) in [6.07, 6.45) is 4.01. The fourth-order valence-electron chi connectivity index (χ4n) is 4.41. The molecule has 2 aliphatic rings. The molecular weight excluding hydrogens is 502 g/mol. The number of nitrogens with zero attached hydrogens (tertiary/aromatic N) is 3. The number of carbonyl (C=O) groups is 1. The van der Waals surface area contributed by atoms with Crippen LogP contribution in [0.5, 0.6) is 0 Å². The molecule has 10 heteroatoms. The number of carbonyl (C=O) groups excluding carboxylic acids is 1. The fourth-order valence-corrected chi connectivity index (χ4v) is 7.50. The van der Waals surface area contributed by atoms with Gasteiger partial charge in [-0.05, 0) is 36.8 Å². The third kappa shape index (κ3) is 4.11. The quantitative estimate of drug-likeness (QED) is 0.285. The lowest BCUT2D eigenvalue weighted by Gasteiger charge is -2.20. The van der Waals surface area contributed by atoms with Crippen LogP contribution in [0.25, 0.3) is 34.2 Å². The van der Waals surface area contributed by atoms with Gasteiger partial charge < -0.3 is 4.42 Å². The monoisotopic (exact) mass is 521 g/mol. The lowest BCUT2D eigenvalue weighted by molar-refractivity contribution is -0.123. The summed E-state index contributed by atoms with van der Waals surface area (Å²) in [7, 11) is -3.15. The molecule has 2 fully saturated rings. The van der Waals surface area contributed by atoms with Crippen LogP contribution < -0.4 is 0 Å². The first kappa shape index (κ1) is 22.3. The smallest absolute Gasteiger partial charge is 0.266 e. The van der Waals surface area contributed by atoms with Crippen molar-refractivity contribution in [3.8, 4) is 17.1 Å². The van der Waals surface area contributed by atoms with Crippen LogP contribution in [0, 0.1) is 0 Å². The molecule has 0 bridgehead atoms. The van der Waals surface area contributed by atoms with Crippen molar-refractivity contribution in [2.45, 2.75) is 12.5 Å². The van der Waals surface area contributed by atoms with Gasteiger partial charge in [-0.2, -0.15) is 5.10 Å². The van der Waals surface area contributed by atoms with Crippen LogP contribution in [-0.2, 0) is 14.6 Å². The van der Waals surface area contributed by atoms with Crippen LogP contribution in [0.4, 0.5) is 0 Å². The number of rotatable bonds is 4. The third-order valence-electron chi connectivity index (χ3n) is 6.11. The standard InChI is InChI=1S/C25H19N3O4S3/c29-24-22(34-25(33)28(24)19-10-11-35(30,31)15-19)13-17-14-27(18-7-2-1-3-8-18)26-23(17)21-12-16-6-4-5-9-20(16)32-21/h1-9,12-14,19H,10-11,15H2/b22-13-. The molecular formula is C25H19N3O4S3. The normalized spacial score (nSPS) is 21.0. The van der Waals surface area contributed by atoms with E-state index >= 15 is 0 Å². The van der Waals surface area contributed by atoms with Gasteiger partial charge in [0.1, 0.15) is 15.6 Å². The number of amides is 1. The number of para-hydroxylation sites is 2. The number of furan rings is 1. The van der Waals surface area contributed by atoms with Gasteiger partial charge in [0.25, 0.3) is 5.91 Å². The first-order valence-corrected chi connectivity index (χ1v) is 14.0. The van der Waals surface area contributed by atoms with Crippen molar-refractivity contribution in [2.24, 2.45) is 0 Å². The molecule has 176 valence electrons. The highest BCUT2D eigenvalue weighted by atomic mass is 32.2. The van der Waals surface area contributed by atoms with Crippen molar-refractivity contribution in [3.05, 3.63) is 77.3 Å². The molecule has 6 rings (SSSR count). The Bertz CT molecular complexity index is 1590. The summed E-state index contributed by atoms with van der Waals surface area (Å²) < 4.78 is 32.2. The van der Waals surface area contributed by atoms with Gasteiger partial charge in [0.2, 0.25) is 0 Å². The summed E-state index contributed by atoms with van der Waals surface area (Å²) in [6, 6.07) is 18.9. The maximum absolute atomic E-state index is 13.3. The molecule has 4 heterocycles. The molecule has 0 radical (unpaired) electrons. The summed E-state index contributed by atoms with van der Waals surface area (Å²) in [4.78, 5) is 15.2. The van der Waals surface area contributed by atoms with Crippen molar-refractivity contribution in [3.63, 3.8) is 0 Å². The average molecular weight is 522 g/mol. The summed E-state index contributed by atoms with van der Waals surface area (Å²) in [5.41, 5.74) is 2.91. The molecule has 1 unspecified atom stereocenters. The Morgan fingerprint density at radius 1 is 1.11 bits per heavy atom. The van der Waals surface area contributed by atoms with Crippen molar-refractivity contribution in [2.75, 3.05) is 11.5 Å². The molecule has 0 saturated carbocycles. The lowest BCUT2D eigenvalue weighted by atomic mass is 10.1. The average Bonchev–Trinajstić information content (AvgIpc) is 3.59. The number of benzene rings is 2. The molecule has 4 aromatic rings. The van der Waals surface area contributed by atoms with E-state index in [2.05, 4.69) is 0 Å². The highest BCUT2D eigenvalue weighted by Crippen LogP contribution is 2.38. The van der Waals surface area contributed by atoms with Gasteiger partial charge in [-0.1, -0.05) is 60.4 Å². The molecule has 2 aromatic heterocycles. The van der Waals surface area contributed by atoms with E-state index < -0.39 is 15.9 Å². The Hall–Kier alpha value is -3.21. The summed E-state index contributed by atoms with van der Waals surface area (Å²) in [5, 5.41) is 5.73. The van der Waals surface area contributed by atoms with Crippen molar-refractivity contribution in [1.29, 1.82) is 0 Å². The number of hydrogen-bond donors (Lipinski definition) is 0. The zero-order valence-electron chi connectivity index (χ0n) is 18.3. The molecule has 0 N–H and O–H groups in total. The van der Waals surface area contributed by atoms with Crippen LogP contribution in [-0.4, -0.2) is 50.9 Å². The Morgan fingerprint density at radius 2 is 1.89 bits per heavy atom. The molecule has 7 nitrogen and oxygen atoms in total. The summed E-state index contributed by atoms with van der Waals surface area (Å²) >= 11 is 6.65. The number of hydrogen-bond acceptors (Lipinski definition) is 7. The van der Waals surface area contributed by atoms with Gasteiger partial charge in [0.05, 0.1) is 28.1 Å². The Kier molecular flexibility index (Phi) is 5.39. The van der Waals surface area contributed by atoms with Crippen LogP contribution in [0.2, 0.25) is 0 Å². The molecule has 2 saturated heterocycles. The maximum atomic E-state index is 13.3. The Labute approximate surface area is 211 Å². The van der Waals surface area contributed by atoms with Crippen LogP contribution in [0.3, 0.4) is 0 Å². The van der Waals surface area contributed by atoms with E-state index in [-0.39, 0.29) is 17.4 Å². The second-order valence-corrected chi connectivity index (χ2v) is 12.4. The zero-order valence-corrected chi connectivity index (χ0v) is 20.8. The predicted octanol–water partition coefficient (Wildman–Crippen LogP) is 4.67. The number of fused-ring (bicyclic) bond motifs is 1. The number of thiocarbonyl (C=S) groups is 1. The van der Waals surface area contributed by atoms with Gasteiger partial charge in [-0.15, -0.1) is 0 Å². The highest BCUT2D eigenvalue weighted by molar-refractivity contribution is 8.26. The van der Waals surface area contributed by atoms with E-state index in [0.717, 1.165) is 16.7 Å². The van der Waals surface area contributed by atoms with E-state index in [1.165, 1.54) is 16.7 Å². The third-order valence-corrected chi connectivity index (χ3v) is 9.19. The largest absolute Gasteiger partial charge is 0.454 e. The molecule has 1 atom stereocenters. The van der Waals surface area contributed by atoms with Crippen LogP contribution >= 0.6 is 24.0 Å². The minimum absolute atomic E-state index is 0.0527. The molecule has 0 spiro atoms. The summed E-state index contributed by atoms with van der Waals surface area (Å²) in [5.74, 6) is 0.339. The molecule has 2 aromatic carbocycles. The molecule has 0 aliphatic carbocycles. The first-order valence-electron chi connectivity index (χ1n) is 11.0. The summed E-state index contributed by atoms with van der Waals surface area (Å²) in [6.45, 7) is 0. The topological polar surface area (TPSA) is 85.4 Å². The predicted molar refractivity (Wildman–Crippen MR) is 141 cm³/mol. The van der Waals surface area contributed by atoms with Gasteiger partial charge >= 0.3 is 0 Å². The van der Waals surface area contributed by atoms with Crippen LogP contribution in [0.1, 0.15) is 12.0 Å². The van der Waals surface area contributed by atoms with E-state index in [0.29, 0.717) is 32.7 Å². The number of aromatic nitrogens is 2. The second-order valence-electron chi connectivity index (χ2n) is 8.47. The van der Waals surface area contributed by atoms with Crippen molar-refractivity contribution in [1.82, 2.24) is 14.7 Å². The molecule has 1 amide bonds. The van der Waals surface area contributed by atoms with Crippen molar-refractivity contribution >= 4 is 61.1 Å². The fraction of sp³-hybridized carbons (Fsp3) is 0.160. The molecule has 2 aliphatic heterocycles. The minimum Gasteiger partial charge on any atom is -0.454 e. The zero-order chi connectivity index (χ0) is 24.2. The lowest BCUT2D eigenvalue weighted by Crippen LogP contribution is -2.39. The highest BCUT2D eigenvalue weighted by Gasteiger charge is 2.42. The van der Waals surface area contributed by atoms with Gasteiger partial charge in [0, 0.05) is 17.1 Å².